The second kappa shape index (κ2) is 10.4. The molecule has 2 aromatic heterocycles. The van der Waals surface area contributed by atoms with Gasteiger partial charge in [0.2, 0.25) is 11.6 Å². The molecule has 0 aliphatic carbocycles. The molecule has 0 saturated heterocycles. The van der Waals surface area contributed by atoms with Gasteiger partial charge in [0, 0.05) is 22.4 Å². The molecule has 2 heterocycles. The molecular formula is C25H21F3N2O4S. The van der Waals surface area contributed by atoms with Crippen LogP contribution in [0.1, 0.15) is 23.6 Å². The fraction of sp³-hybridized carbons (Fsp3) is 0.240. The van der Waals surface area contributed by atoms with Gasteiger partial charge in [-0.1, -0.05) is 0 Å². The van der Waals surface area contributed by atoms with Crippen LogP contribution in [0.2, 0.25) is 0 Å². The van der Waals surface area contributed by atoms with E-state index >= 15 is 0 Å². The first kappa shape index (κ1) is 24.6. The molecule has 6 nitrogen and oxygen atoms in total. The summed E-state index contributed by atoms with van der Waals surface area (Å²) >= 11 is 1.57. The van der Waals surface area contributed by atoms with Gasteiger partial charge in [-0.05, 0) is 73.5 Å². The first-order valence-electron chi connectivity index (χ1n) is 10.7. The first-order valence-corrected chi connectivity index (χ1v) is 11.7. The van der Waals surface area contributed by atoms with E-state index in [1.165, 1.54) is 12.1 Å². The van der Waals surface area contributed by atoms with Gasteiger partial charge in [0.25, 0.3) is 0 Å². The van der Waals surface area contributed by atoms with Crippen LogP contribution in [0.15, 0.2) is 64.0 Å². The molecule has 0 radical (unpaired) electrons. The maximum Gasteiger partial charge on any atom is 0.416 e. The number of carbonyl (C=O) groups excluding carboxylic acids is 1. The number of fused-ring (bicyclic) bond motifs is 1. The van der Waals surface area contributed by atoms with Crippen LogP contribution in [-0.4, -0.2) is 29.2 Å². The Morgan fingerprint density at radius 2 is 1.89 bits per heavy atom. The first-order chi connectivity index (χ1) is 16.7. The second-order valence-corrected chi connectivity index (χ2v) is 8.58. The van der Waals surface area contributed by atoms with Gasteiger partial charge in [-0.15, -0.1) is 11.8 Å². The van der Waals surface area contributed by atoms with E-state index in [1.54, 1.807) is 30.9 Å². The van der Waals surface area contributed by atoms with Gasteiger partial charge in [-0.2, -0.15) is 13.2 Å². The number of hydrogen-bond donors (Lipinski definition) is 0. The lowest BCUT2D eigenvalue weighted by molar-refractivity contribution is -0.145. The lowest BCUT2D eigenvalue weighted by Gasteiger charge is -2.10. The molecule has 0 N–H and O–H groups in total. The van der Waals surface area contributed by atoms with Crippen LogP contribution in [0.5, 0.6) is 5.75 Å². The summed E-state index contributed by atoms with van der Waals surface area (Å²) in [4.78, 5) is 21.2. The molecule has 0 aliphatic heterocycles. The smallest absolute Gasteiger partial charge is 0.416 e. The van der Waals surface area contributed by atoms with Crippen molar-refractivity contribution >= 4 is 29.0 Å². The summed E-state index contributed by atoms with van der Waals surface area (Å²) < 4.78 is 54.6. The molecule has 10 heteroatoms. The minimum absolute atomic E-state index is 0.149. The molecule has 0 spiro atoms. The molecule has 0 aliphatic rings. The highest BCUT2D eigenvalue weighted by molar-refractivity contribution is 7.98. The third kappa shape index (κ3) is 5.94. The molecule has 0 saturated carbocycles. The Hall–Kier alpha value is -3.53. The summed E-state index contributed by atoms with van der Waals surface area (Å²) in [5.41, 5.74) is 2.33. The van der Waals surface area contributed by atoms with Crippen molar-refractivity contribution < 1.29 is 31.9 Å². The molecule has 182 valence electrons. The van der Waals surface area contributed by atoms with E-state index in [1.807, 2.05) is 25.1 Å². The number of ether oxygens (including phenoxy) is 2. The summed E-state index contributed by atoms with van der Waals surface area (Å²) in [6.45, 7) is 3.78. The van der Waals surface area contributed by atoms with Crippen molar-refractivity contribution in [3.8, 4) is 17.2 Å². The quantitative estimate of drug-likeness (QED) is 0.202. The van der Waals surface area contributed by atoms with E-state index < -0.39 is 17.7 Å². The highest BCUT2D eigenvalue weighted by atomic mass is 32.2. The number of pyridine rings is 1. The molecular weight excluding hydrogens is 481 g/mol. The summed E-state index contributed by atoms with van der Waals surface area (Å²) in [7, 11) is 0. The summed E-state index contributed by atoms with van der Waals surface area (Å²) in [5.74, 6) is 0.958. The molecule has 0 unspecified atom stereocenters. The Morgan fingerprint density at radius 3 is 2.57 bits per heavy atom. The van der Waals surface area contributed by atoms with Crippen LogP contribution in [0.25, 0.3) is 22.7 Å². The molecule has 0 atom stereocenters. The van der Waals surface area contributed by atoms with E-state index in [4.69, 9.17) is 13.9 Å². The van der Waals surface area contributed by atoms with Crippen molar-refractivity contribution in [3.05, 3.63) is 71.4 Å². The van der Waals surface area contributed by atoms with Crippen LogP contribution in [0.3, 0.4) is 0 Å². The van der Waals surface area contributed by atoms with E-state index in [2.05, 4.69) is 9.97 Å². The van der Waals surface area contributed by atoms with E-state index in [-0.39, 0.29) is 12.5 Å². The number of carbonyl (C=O) groups is 1. The predicted molar refractivity (Wildman–Crippen MR) is 125 cm³/mol. The third-order valence-corrected chi connectivity index (χ3v) is 6.07. The highest BCUT2D eigenvalue weighted by Gasteiger charge is 2.30. The largest absolute Gasteiger partial charge is 0.482 e. The van der Waals surface area contributed by atoms with Crippen molar-refractivity contribution in [1.82, 2.24) is 9.97 Å². The number of hydrogen-bond acceptors (Lipinski definition) is 7. The minimum atomic E-state index is -4.41. The van der Waals surface area contributed by atoms with Crippen molar-refractivity contribution in [2.45, 2.75) is 30.7 Å². The number of aryl methyl sites for hydroxylation is 1. The predicted octanol–water partition coefficient (Wildman–Crippen LogP) is 6.45. The third-order valence-electron chi connectivity index (χ3n) is 5.03. The zero-order valence-electron chi connectivity index (χ0n) is 18.9. The lowest BCUT2D eigenvalue weighted by Crippen LogP contribution is -2.14. The van der Waals surface area contributed by atoms with Crippen LogP contribution >= 0.6 is 11.8 Å². The molecule has 2 aromatic carbocycles. The van der Waals surface area contributed by atoms with Gasteiger partial charge in [0.1, 0.15) is 11.3 Å². The maximum atomic E-state index is 12.8. The highest BCUT2D eigenvalue weighted by Crippen LogP contribution is 2.33. The second-order valence-electron chi connectivity index (χ2n) is 7.53. The number of halogens is 3. The van der Waals surface area contributed by atoms with Crippen LogP contribution in [-0.2, 0) is 21.5 Å². The zero-order valence-corrected chi connectivity index (χ0v) is 19.7. The maximum absolute atomic E-state index is 12.8. The van der Waals surface area contributed by atoms with Gasteiger partial charge >= 0.3 is 12.1 Å². The SMILES string of the molecule is CCOC(=O)COc1ccc(SCc2ccnc3oc(-c4ccc(C(F)(F)F)cc4)nc23)cc1C. The van der Waals surface area contributed by atoms with Gasteiger partial charge in [0.05, 0.1) is 12.2 Å². The van der Waals surface area contributed by atoms with Crippen LogP contribution in [0.4, 0.5) is 13.2 Å². The standard InChI is InChI=1S/C25H21F3N2O4S/c1-3-32-21(31)13-33-20-9-8-19(12-15(20)2)35-14-17-10-11-29-24-22(17)30-23(34-24)16-4-6-18(7-5-16)25(26,27)28/h4-12H,3,13-14H2,1-2H3. The number of thioether (sulfide) groups is 1. The average Bonchev–Trinajstić information content (AvgIpc) is 3.27. The zero-order chi connectivity index (χ0) is 25.0. The topological polar surface area (TPSA) is 74.5 Å². The number of nitrogens with zero attached hydrogens (tertiary/aromatic N) is 2. The van der Waals surface area contributed by atoms with Crippen LogP contribution < -0.4 is 4.74 Å². The van der Waals surface area contributed by atoms with E-state index in [9.17, 15) is 18.0 Å². The Bertz CT molecular complexity index is 1340. The van der Waals surface area contributed by atoms with Crippen molar-refractivity contribution in [3.63, 3.8) is 0 Å². The Balaban J connectivity index is 1.47. The van der Waals surface area contributed by atoms with E-state index in [0.29, 0.717) is 34.9 Å². The van der Waals surface area contributed by atoms with Crippen LogP contribution in [0, 0.1) is 6.92 Å². The molecule has 0 bridgehead atoms. The number of rotatable bonds is 8. The normalized spacial score (nSPS) is 11.6. The summed E-state index contributed by atoms with van der Waals surface area (Å²) in [5, 5.41) is 0. The molecule has 4 rings (SSSR count). The van der Waals surface area contributed by atoms with Crippen molar-refractivity contribution in [1.29, 1.82) is 0 Å². The van der Waals surface area contributed by atoms with E-state index in [0.717, 1.165) is 28.2 Å². The Morgan fingerprint density at radius 1 is 1.11 bits per heavy atom. The molecule has 35 heavy (non-hydrogen) atoms. The summed E-state index contributed by atoms with van der Waals surface area (Å²) in [6.07, 6.45) is -2.80. The molecule has 0 fully saturated rings. The monoisotopic (exact) mass is 502 g/mol. The van der Waals surface area contributed by atoms with Crippen molar-refractivity contribution in [2.24, 2.45) is 0 Å². The number of esters is 1. The van der Waals surface area contributed by atoms with Gasteiger partial charge < -0.3 is 13.9 Å². The van der Waals surface area contributed by atoms with Crippen molar-refractivity contribution in [2.75, 3.05) is 13.2 Å². The Labute approximate surface area is 203 Å². The number of aromatic nitrogens is 2. The lowest BCUT2D eigenvalue weighted by atomic mass is 10.1. The molecule has 4 aromatic rings. The Kier molecular flexibility index (Phi) is 7.30. The number of benzene rings is 2. The van der Waals surface area contributed by atoms with Gasteiger partial charge in [0.15, 0.2) is 6.61 Å². The average molecular weight is 503 g/mol. The fourth-order valence-corrected chi connectivity index (χ4v) is 4.28. The summed E-state index contributed by atoms with van der Waals surface area (Å²) in [6, 6.07) is 12.1. The van der Waals surface area contributed by atoms with Gasteiger partial charge in [-0.3, -0.25) is 0 Å². The number of oxazole rings is 1. The number of alkyl halides is 3. The fourth-order valence-electron chi connectivity index (χ4n) is 3.30. The van der Waals surface area contributed by atoms with Gasteiger partial charge in [-0.25, -0.2) is 14.8 Å². The molecule has 0 amide bonds. The minimum Gasteiger partial charge on any atom is -0.482 e.